The smallest absolute Gasteiger partial charge is 0.221 e. The number of aliphatic imine (C=N–C) groups is 1. The zero-order valence-electron chi connectivity index (χ0n) is 14.7. The van der Waals surface area contributed by atoms with Crippen LogP contribution in [0.15, 0.2) is 53.5 Å². The first-order valence-corrected chi connectivity index (χ1v) is 8.38. The summed E-state index contributed by atoms with van der Waals surface area (Å²) < 4.78 is 0. The highest BCUT2D eigenvalue weighted by Gasteiger charge is 2.07. The van der Waals surface area contributed by atoms with Crippen molar-refractivity contribution in [1.82, 2.24) is 10.2 Å². The number of anilines is 1. The predicted molar refractivity (Wildman–Crippen MR) is 104 cm³/mol. The van der Waals surface area contributed by atoms with Gasteiger partial charge in [0.05, 0.1) is 0 Å². The zero-order chi connectivity index (χ0) is 18.2. The molecular weight excluding hydrogens is 336 g/mol. The SMILES string of the molecule is CN=C(NCc1cccc(NC(C)=O)c1)N(C)Cc1cccc(Cl)c1. The highest BCUT2D eigenvalue weighted by atomic mass is 35.5. The Hall–Kier alpha value is -2.53. The molecular formula is C19H23ClN4O. The summed E-state index contributed by atoms with van der Waals surface area (Å²) in [6, 6.07) is 15.5. The van der Waals surface area contributed by atoms with E-state index in [1.807, 2.05) is 60.5 Å². The molecule has 6 heteroatoms. The molecule has 0 aliphatic rings. The second kappa shape index (κ2) is 9.08. The number of hydrogen-bond acceptors (Lipinski definition) is 2. The number of carbonyl (C=O) groups is 1. The van der Waals surface area contributed by atoms with Crippen LogP contribution < -0.4 is 10.6 Å². The van der Waals surface area contributed by atoms with Crippen molar-refractivity contribution in [2.24, 2.45) is 4.99 Å². The fourth-order valence-electron chi connectivity index (χ4n) is 2.51. The lowest BCUT2D eigenvalue weighted by atomic mass is 10.2. The van der Waals surface area contributed by atoms with Crippen LogP contribution in [0.1, 0.15) is 18.1 Å². The quantitative estimate of drug-likeness (QED) is 0.635. The molecule has 0 spiro atoms. The molecule has 0 saturated heterocycles. The Kier molecular flexibility index (Phi) is 6.83. The van der Waals surface area contributed by atoms with E-state index in [4.69, 9.17) is 11.6 Å². The van der Waals surface area contributed by atoms with Crippen LogP contribution in [-0.4, -0.2) is 30.9 Å². The minimum atomic E-state index is -0.0813. The molecule has 0 atom stereocenters. The summed E-state index contributed by atoms with van der Waals surface area (Å²) in [4.78, 5) is 17.5. The van der Waals surface area contributed by atoms with Crippen LogP contribution in [0.5, 0.6) is 0 Å². The van der Waals surface area contributed by atoms with E-state index in [2.05, 4.69) is 15.6 Å². The van der Waals surface area contributed by atoms with Crippen LogP contribution in [0.4, 0.5) is 5.69 Å². The molecule has 2 rings (SSSR count). The summed E-state index contributed by atoms with van der Waals surface area (Å²) in [7, 11) is 3.73. The summed E-state index contributed by atoms with van der Waals surface area (Å²) in [6.45, 7) is 2.81. The average molecular weight is 359 g/mol. The molecule has 2 N–H and O–H groups in total. The van der Waals surface area contributed by atoms with Crippen molar-refractivity contribution in [3.05, 3.63) is 64.7 Å². The number of benzene rings is 2. The van der Waals surface area contributed by atoms with Crippen LogP contribution in [0.25, 0.3) is 0 Å². The summed E-state index contributed by atoms with van der Waals surface area (Å²) in [6.07, 6.45) is 0. The summed E-state index contributed by atoms with van der Waals surface area (Å²) in [5.74, 6) is 0.701. The number of rotatable bonds is 5. The van der Waals surface area contributed by atoms with E-state index in [1.165, 1.54) is 6.92 Å². The normalized spacial score (nSPS) is 11.1. The Balaban J connectivity index is 1.96. The van der Waals surface area contributed by atoms with Gasteiger partial charge in [0.1, 0.15) is 0 Å². The molecule has 2 aromatic rings. The van der Waals surface area contributed by atoms with Gasteiger partial charge in [-0.25, -0.2) is 0 Å². The molecule has 0 aliphatic carbocycles. The van der Waals surface area contributed by atoms with E-state index in [1.54, 1.807) is 7.05 Å². The van der Waals surface area contributed by atoms with Crippen LogP contribution >= 0.6 is 11.6 Å². The zero-order valence-corrected chi connectivity index (χ0v) is 15.5. The molecule has 132 valence electrons. The first-order valence-electron chi connectivity index (χ1n) is 8.00. The van der Waals surface area contributed by atoms with Gasteiger partial charge in [-0.2, -0.15) is 0 Å². The van der Waals surface area contributed by atoms with E-state index in [9.17, 15) is 4.79 Å². The van der Waals surface area contributed by atoms with Gasteiger partial charge in [0, 0.05) is 44.8 Å². The standard InChI is InChI=1S/C19H23ClN4O/c1-14(25)23-18-9-5-6-15(11-18)12-22-19(21-2)24(3)13-16-7-4-8-17(20)10-16/h4-11H,12-13H2,1-3H3,(H,21,22)(H,23,25). The van der Waals surface area contributed by atoms with Crippen LogP contribution in [0.2, 0.25) is 5.02 Å². The number of carbonyl (C=O) groups excluding carboxylic acids is 1. The van der Waals surface area contributed by atoms with E-state index in [0.717, 1.165) is 27.8 Å². The molecule has 25 heavy (non-hydrogen) atoms. The maximum absolute atomic E-state index is 11.2. The van der Waals surface area contributed by atoms with Gasteiger partial charge < -0.3 is 15.5 Å². The van der Waals surface area contributed by atoms with Gasteiger partial charge in [-0.15, -0.1) is 0 Å². The number of amides is 1. The molecule has 0 heterocycles. The van der Waals surface area contributed by atoms with E-state index in [0.29, 0.717) is 13.1 Å². The van der Waals surface area contributed by atoms with Gasteiger partial charge in [-0.1, -0.05) is 35.9 Å². The van der Waals surface area contributed by atoms with Gasteiger partial charge in [0.25, 0.3) is 0 Å². The number of guanidine groups is 1. The molecule has 0 bridgehead atoms. The van der Waals surface area contributed by atoms with Crippen molar-refractivity contribution >= 4 is 29.2 Å². The Bertz CT molecular complexity index is 761. The topological polar surface area (TPSA) is 56.7 Å². The van der Waals surface area contributed by atoms with Gasteiger partial charge in [-0.3, -0.25) is 9.79 Å². The van der Waals surface area contributed by atoms with Crippen molar-refractivity contribution < 1.29 is 4.79 Å². The molecule has 1 amide bonds. The van der Waals surface area contributed by atoms with Gasteiger partial charge in [0.15, 0.2) is 5.96 Å². The van der Waals surface area contributed by atoms with Gasteiger partial charge in [-0.05, 0) is 35.4 Å². The molecule has 0 aromatic heterocycles. The van der Waals surface area contributed by atoms with Crippen molar-refractivity contribution in [2.75, 3.05) is 19.4 Å². The summed E-state index contributed by atoms with van der Waals surface area (Å²) in [5.41, 5.74) is 2.96. The average Bonchev–Trinajstić information content (AvgIpc) is 2.55. The van der Waals surface area contributed by atoms with E-state index >= 15 is 0 Å². The van der Waals surface area contributed by atoms with Crippen LogP contribution in [0, 0.1) is 0 Å². The molecule has 0 aliphatic heterocycles. The Morgan fingerprint density at radius 1 is 1.16 bits per heavy atom. The monoisotopic (exact) mass is 358 g/mol. The minimum absolute atomic E-state index is 0.0813. The Morgan fingerprint density at radius 2 is 1.88 bits per heavy atom. The lowest BCUT2D eigenvalue weighted by Gasteiger charge is -2.22. The van der Waals surface area contributed by atoms with Crippen molar-refractivity contribution in [3.63, 3.8) is 0 Å². The molecule has 0 saturated carbocycles. The lowest BCUT2D eigenvalue weighted by molar-refractivity contribution is -0.114. The largest absolute Gasteiger partial charge is 0.352 e. The van der Waals surface area contributed by atoms with Crippen molar-refractivity contribution in [3.8, 4) is 0 Å². The second-order valence-electron chi connectivity index (χ2n) is 5.77. The van der Waals surface area contributed by atoms with Crippen LogP contribution in [-0.2, 0) is 17.9 Å². The first kappa shape index (κ1) is 18.8. The highest BCUT2D eigenvalue weighted by Crippen LogP contribution is 2.13. The number of nitrogens with one attached hydrogen (secondary N) is 2. The van der Waals surface area contributed by atoms with Crippen LogP contribution in [0.3, 0.4) is 0 Å². The third-order valence-corrected chi connectivity index (χ3v) is 3.82. The first-order chi connectivity index (χ1) is 12.0. The Labute approximate surface area is 153 Å². The molecule has 5 nitrogen and oxygen atoms in total. The number of halogens is 1. The van der Waals surface area contributed by atoms with Crippen molar-refractivity contribution in [2.45, 2.75) is 20.0 Å². The third kappa shape index (κ3) is 6.12. The highest BCUT2D eigenvalue weighted by molar-refractivity contribution is 6.30. The van der Waals surface area contributed by atoms with Gasteiger partial charge in [0.2, 0.25) is 5.91 Å². The third-order valence-electron chi connectivity index (χ3n) is 3.58. The molecule has 0 radical (unpaired) electrons. The Morgan fingerprint density at radius 3 is 2.56 bits per heavy atom. The number of nitrogens with zero attached hydrogens (tertiary/aromatic N) is 2. The fourth-order valence-corrected chi connectivity index (χ4v) is 2.73. The maximum atomic E-state index is 11.2. The molecule has 0 unspecified atom stereocenters. The maximum Gasteiger partial charge on any atom is 0.221 e. The van der Waals surface area contributed by atoms with Gasteiger partial charge >= 0.3 is 0 Å². The van der Waals surface area contributed by atoms with E-state index in [-0.39, 0.29) is 5.91 Å². The summed E-state index contributed by atoms with van der Waals surface area (Å²) in [5, 5.41) is 6.84. The number of hydrogen-bond donors (Lipinski definition) is 2. The molecule has 2 aromatic carbocycles. The minimum Gasteiger partial charge on any atom is -0.352 e. The fraction of sp³-hybridized carbons (Fsp3) is 0.263. The van der Waals surface area contributed by atoms with Crippen molar-refractivity contribution in [1.29, 1.82) is 0 Å². The summed E-state index contributed by atoms with van der Waals surface area (Å²) >= 11 is 6.04. The predicted octanol–water partition coefficient (Wildman–Crippen LogP) is 3.51. The lowest BCUT2D eigenvalue weighted by Crippen LogP contribution is -2.38. The molecule has 0 fully saturated rings. The van der Waals surface area contributed by atoms with E-state index < -0.39 is 0 Å². The second-order valence-corrected chi connectivity index (χ2v) is 6.20.